The van der Waals surface area contributed by atoms with Gasteiger partial charge < -0.3 is 14.6 Å². The zero-order valence-corrected chi connectivity index (χ0v) is 6.96. The summed E-state index contributed by atoms with van der Waals surface area (Å²) < 4.78 is 10.7. The molecule has 0 atom stereocenters. The van der Waals surface area contributed by atoms with Crippen molar-refractivity contribution in [1.29, 1.82) is 0 Å². The minimum absolute atomic E-state index is 0.0359. The predicted molar refractivity (Wildman–Crippen MR) is 41.2 cm³/mol. The van der Waals surface area contributed by atoms with Crippen molar-refractivity contribution in [3.05, 3.63) is 11.6 Å². The van der Waals surface area contributed by atoms with Gasteiger partial charge in [-0.2, -0.15) is 0 Å². The van der Waals surface area contributed by atoms with Gasteiger partial charge >= 0.3 is 0 Å². The van der Waals surface area contributed by atoms with Crippen molar-refractivity contribution < 1.29 is 14.6 Å². The van der Waals surface area contributed by atoms with Gasteiger partial charge in [-0.05, 0) is 19.4 Å². The number of ether oxygens (including phenoxy) is 2. The third-order valence-electron chi connectivity index (χ3n) is 1.95. The first-order chi connectivity index (χ1) is 5.19. The molecular weight excluding hydrogens is 144 g/mol. The van der Waals surface area contributed by atoms with Crippen LogP contribution in [0.5, 0.6) is 0 Å². The predicted octanol–water partition coefficient (Wildman–Crippen LogP) is 0.688. The van der Waals surface area contributed by atoms with Gasteiger partial charge in [-0.3, -0.25) is 0 Å². The topological polar surface area (TPSA) is 38.7 Å². The third kappa shape index (κ3) is 1.80. The van der Waals surface area contributed by atoms with Gasteiger partial charge in [-0.15, -0.1) is 0 Å². The number of aliphatic hydroxyl groups excluding tert-OH is 1. The molecule has 11 heavy (non-hydrogen) atoms. The highest BCUT2D eigenvalue weighted by molar-refractivity contribution is 5.09. The van der Waals surface area contributed by atoms with Crippen LogP contribution in [-0.4, -0.2) is 30.7 Å². The number of hydrogen-bond donors (Lipinski definition) is 1. The highest BCUT2D eigenvalue weighted by Crippen LogP contribution is 2.26. The average molecular weight is 158 g/mol. The van der Waals surface area contributed by atoms with Crippen molar-refractivity contribution in [2.75, 3.05) is 19.8 Å². The summed E-state index contributed by atoms with van der Waals surface area (Å²) in [6, 6.07) is 0. The lowest BCUT2D eigenvalue weighted by Gasteiger charge is -2.22. The van der Waals surface area contributed by atoms with Crippen LogP contribution in [0.3, 0.4) is 0 Å². The molecule has 1 aliphatic rings. The lowest BCUT2D eigenvalue weighted by atomic mass is 10.1. The van der Waals surface area contributed by atoms with Crippen LogP contribution in [0, 0.1) is 0 Å². The van der Waals surface area contributed by atoms with Crippen molar-refractivity contribution in [2.45, 2.75) is 19.6 Å². The van der Waals surface area contributed by atoms with E-state index >= 15 is 0 Å². The molecule has 0 bridgehead atoms. The fourth-order valence-electron chi connectivity index (χ4n) is 1.06. The van der Waals surface area contributed by atoms with E-state index < -0.39 is 5.79 Å². The van der Waals surface area contributed by atoms with Gasteiger partial charge in [-0.1, -0.05) is 6.08 Å². The van der Waals surface area contributed by atoms with E-state index in [9.17, 15) is 0 Å². The van der Waals surface area contributed by atoms with Gasteiger partial charge in [0.05, 0.1) is 19.8 Å². The SMILES string of the molecule is C/C(=C\CO)C1(C)OCCO1. The molecule has 1 heterocycles. The molecule has 0 aromatic carbocycles. The molecule has 0 aromatic rings. The fraction of sp³-hybridized carbons (Fsp3) is 0.750. The molecular formula is C8H14O3. The Labute approximate surface area is 66.6 Å². The smallest absolute Gasteiger partial charge is 0.187 e. The van der Waals surface area contributed by atoms with Gasteiger partial charge in [0.2, 0.25) is 0 Å². The molecule has 3 heteroatoms. The largest absolute Gasteiger partial charge is 0.392 e. The van der Waals surface area contributed by atoms with Gasteiger partial charge in [0.15, 0.2) is 5.79 Å². The Morgan fingerprint density at radius 3 is 2.55 bits per heavy atom. The molecule has 0 spiro atoms. The summed E-state index contributed by atoms with van der Waals surface area (Å²) in [4.78, 5) is 0. The highest BCUT2D eigenvalue weighted by Gasteiger charge is 2.32. The van der Waals surface area contributed by atoms with E-state index in [-0.39, 0.29) is 6.61 Å². The van der Waals surface area contributed by atoms with Crippen LogP contribution in [0.2, 0.25) is 0 Å². The summed E-state index contributed by atoms with van der Waals surface area (Å²) in [6.07, 6.45) is 1.70. The van der Waals surface area contributed by atoms with E-state index in [1.54, 1.807) is 6.08 Å². The molecule has 0 unspecified atom stereocenters. The Balaban J connectivity index is 2.63. The maximum atomic E-state index is 8.62. The summed E-state index contributed by atoms with van der Waals surface area (Å²) in [5, 5.41) is 8.62. The Hall–Kier alpha value is -0.380. The summed E-state index contributed by atoms with van der Waals surface area (Å²) in [6.45, 7) is 5.05. The molecule has 3 nitrogen and oxygen atoms in total. The minimum atomic E-state index is -0.595. The van der Waals surface area contributed by atoms with Crippen LogP contribution in [0.25, 0.3) is 0 Å². The molecule has 0 aromatic heterocycles. The first-order valence-corrected chi connectivity index (χ1v) is 3.75. The molecule has 0 radical (unpaired) electrons. The van der Waals surface area contributed by atoms with Crippen LogP contribution in [-0.2, 0) is 9.47 Å². The maximum absolute atomic E-state index is 8.62. The van der Waals surface area contributed by atoms with Crippen molar-refractivity contribution in [3.8, 4) is 0 Å². The summed E-state index contributed by atoms with van der Waals surface area (Å²) in [7, 11) is 0. The molecule has 0 amide bonds. The standard InChI is InChI=1S/C8H14O3/c1-7(3-4-9)8(2)10-5-6-11-8/h3,9H,4-6H2,1-2H3/b7-3+. The van der Waals surface area contributed by atoms with E-state index in [1.165, 1.54) is 0 Å². The van der Waals surface area contributed by atoms with E-state index in [0.29, 0.717) is 13.2 Å². The number of aliphatic hydroxyl groups is 1. The Bertz CT molecular complexity index is 157. The molecule has 1 rings (SSSR count). The van der Waals surface area contributed by atoms with Crippen LogP contribution >= 0.6 is 0 Å². The monoisotopic (exact) mass is 158 g/mol. The second-order valence-corrected chi connectivity index (χ2v) is 2.71. The molecule has 64 valence electrons. The second kappa shape index (κ2) is 3.34. The van der Waals surface area contributed by atoms with Crippen molar-refractivity contribution in [1.82, 2.24) is 0 Å². The van der Waals surface area contributed by atoms with Crippen LogP contribution in [0.4, 0.5) is 0 Å². The van der Waals surface area contributed by atoms with Crippen molar-refractivity contribution >= 4 is 0 Å². The van der Waals surface area contributed by atoms with Gasteiger partial charge in [-0.25, -0.2) is 0 Å². The molecule has 1 aliphatic heterocycles. The molecule has 0 aliphatic carbocycles. The van der Waals surface area contributed by atoms with Crippen LogP contribution in [0.15, 0.2) is 11.6 Å². The fourth-order valence-corrected chi connectivity index (χ4v) is 1.06. The lowest BCUT2D eigenvalue weighted by Crippen LogP contribution is -2.27. The third-order valence-corrected chi connectivity index (χ3v) is 1.95. The zero-order chi connectivity index (χ0) is 8.32. The summed E-state index contributed by atoms with van der Waals surface area (Å²) in [5.74, 6) is -0.595. The minimum Gasteiger partial charge on any atom is -0.392 e. The van der Waals surface area contributed by atoms with Crippen LogP contribution in [0.1, 0.15) is 13.8 Å². The zero-order valence-electron chi connectivity index (χ0n) is 6.96. The van der Waals surface area contributed by atoms with Gasteiger partial charge in [0.1, 0.15) is 0 Å². The normalized spacial score (nSPS) is 24.1. The summed E-state index contributed by atoms with van der Waals surface area (Å²) in [5.41, 5.74) is 0.928. The quantitative estimate of drug-likeness (QED) is 0.601. The number of rotatable bonds is 2. The average Bonchev–Trinajstić information content (AvgIpc) is 2.38. The lowest BCUT2D eigenvalue weighted by molar-refractivity contribution is -0.110. The first kappa shape index (κ1) is 8.71. The second-order valence-electron chi connectivity index (χ2n) is 2.71. The first-order valence-electron chi connectivity index (χ1n) is 3.75. The van der Waals surface area contributed by atoms with Crippen LogP contribution < -0.4 is 0 Å². The maximum Gasteiger partial charge on any atom is 0.187 e. The van der Waals surface area contributed by atoms with Gasteiger partial charge in [0.25, 0.3) is 0 Å². The summed E-state index contributed by atoms with van der Waals surface area (Å²) >= 11 is 0. The van der Waals surface area contributed by atoms with Crippen molar-refractivity contribution in [3.63, 3.8) is 0 Å². The molecule has 1 fully saturated rings. The number of hydrogen-bond acceptors (Lipinski definition) is 3. The Morgan fingerprint density at radius 2 is 2.09 bits per heavy atom. The van der Waals surface area contributed by atoms with Crippen molar-refractivity contribution in [2.24, 2.45) is 0 Å². The van der Waals surface area contributed by atoms with E-state index in [0.717, 1.165) is 5.57 Å². The molecule has 1 saturated heterocycles. The van der Waals surface area contributed by atoms with Gasteiger partial charge in [0, 0.05) is 0 Å². The Morgan fingerprint density at radius 1 is 1.55 bits per heavy atom. The Kier molecular flexibility index (Phi) is 2.65. The van der Waals surface area contributed by atoms with E-state index in [4.69, 9.17) is 14.6 Å². The van der Waals surface area contributed by atoms with E-state index in [2.05, 4.69) is 0 Å². The molecule has 0 saturated carbocycles. The molecule has 1 N–H and O–H groups in total. The van der Waals surface area contributed by atoms with E-state index in [1.807, 2.05) is 13.8 Å². The highest BCUT2D eigenvalue weighted by atomic mass is 16.7.